The number of methoxy groups -OCH3 is 2. The normalized spacial score (nSPS) is 14.6. The average Bonchev–Trinajstić information content (AvgIpc) is 3.41. The van der Waals surface area contributed by atoms with Crippen molar-refractivity contribution in [3.63, 3.8) is 0 Å². The van der Waals surface area contributed by atoms with Crippen LogP contribution in [-0.4, -0.2) is 39.1 Å². The molecule has 2 rings (SSSR count). The standard InChI is InChI=1S/C18H26N2O4/c1-4-10-19-16(21)18(8-9-18)17(22)20-11-7-13-5-6-14(23-2)15(12-13)24-3/h5-6,12H,4,7-11H2,1-3H3,(H,19,21)(H,20,22). The summed E-state index contributed by atoms with van der Waals surface area (Å²) in [5.41, 5.74) is 0.195. The van der Waals surface area contributed by atoms with E-state index in [1.807, 2.05) is 25.1 Å². The number of hydrogen-bond donors (Lipinski definition) is 2. The zero-order valence-corrected chi connectivity index (χ0v) is 14.6. The summed E-state index contributed by atoms with van der Waals surface area (Å²) >= 11 is 0. The minimum Gasteiger partial charge on any atom is -0.493 e. The molecule has 6 heteroatoms. The Morgan fingerprint density at radius 3 is 2.21 bits per heavy atom. The van der Waals surface area contributed by atoms with Gasteiger partial charge in [0.15, 0.2) is 11.5 Å². The van der Waals surface area contributed by atoms with Gasteiger partial charge in [-0.25, -0.2) is 0 Å². The minimum atomic E-state index is -0.841. The first-order chi connectivity index (χ1) is 11.6. The second kappa shape index (κ2) is 8.04. The van der Waals surface area contributed by atoms with Crippen molar-refractivity contribution >= 4 is 11.8 Å². The molecule has 2 N–H and O–H groups in total. The summed E-state index contributed by atoms with van der Waals surface area (Å²) in [6, 6.07) is 5.68. The molecule has 0 spiro atoms. The van der Waals surface area contributed by atoms with Gasteiger partial charge >= 0.3 is 0 Å². The van der Waals surface area contributed by atoms with E-state index in [2.05, 4.69) is 10.6 Å². The highest BCUT2D eigenvalue weighted by atomic mass is 16.5. The smallest absolute Gasteiger partial charge is 0.235 e. The summed E-state index contributed by atoms with van der Waals surface area (Å²) in [7, 11) is 3.19. The number of benzene rings is 1. The van der Waals surface area contributed by atoms with Crippen LogP contribution >= 0.6 is 0 Å². The van der Waals surface area contributed by atoms with E-state index in [1.54, 1.807) is 14.2 Å². The number of carbonyl (C=O) groups excluding carboxylic acids is 2. The van der Waals surface area contributed by atoms with Crippen LogP contribution in [0.25, 0.3) is 0 Å². The van der Waals surface area contributed by atoms with Crippen LogP contribution in [0.1, 0.15) is 31.7 Å². The van der Waals surface area contributed by atoms with Gasteiger partial charge < -0.3 is 20.1 Å². The molecule has 0 atom stereocenters. The van der Waals surface area contributed by atoms with E-state index < -0.39 is 5.41 Å². The molecule has 1 aliphatic carbocycles. The van der Waals surface area contributed by atoms with E-state index in [4.69, 9.17) is 9.47 Å². The summed E-state index contributed by atoms with van der Waals surface area (Å²) in [6.45, 7) is 3.08. The molecule has 0 unspecified atom stereocenters. The lowest BCUT2D eigenvalue weighted by Crippen LogP contribution is -2.43. The molecule has 0 aromatic heterocycles. The quantitative estimate of drug-likeness (QED) is 0.674. The Labute approximate surface area is 142 Å². The summed E-state index contributed by atoms with van der Waals surface area (Å²) in [4.78, 5) is 24.4. The second-order valence-electron chi connectivity index (χ2n) is 6.03. The van der Waals surface area contributed by atoms with Crippen molar-refractivity contribution in [2.24, 2.45) is 5.41 Å². The fraction of sp³-hybridized carbons (Fsp3) is 0.556. The van der Waals surface area contributed by atoms with E-state index in [0.717, 1.165) is 12.0 Å². The van der Waals surface area contributed by atoms with E-state index >= 15 is 0 Å². The fourth-order valence-electron chi connectivity index (χ4n) is 2.62. The molecular formula is C18H26N2O4. The third kappa shape index (κ3) is 3.99. The Kier molecular flexibility index (Phi) is 6.06. The molecule has 1 aromatic rings. The predicted molar refractivity (Wildman–Crippen MR) is 91.2 cm³/mol. The highest BCUT2D eigenvalue weighted by Gasteiger charge is 2.56. The average molecular weight is 334 g/mol. The lowest BCUT2D eigenvalue weighted by atomic mass is 10.0. The first-order valence-corrected chi connectivity index (χ1v) is 8.35. The minimum absolute atomic E-state index is 0.145. The van der Waals surface area contributed by atoms with E-state index in [9.17, 15) is 9.59 Å². The maximum Gasteiger partial charge on any atom is 0.235 e. The Hall–Kier alpha value is -2.24. The predicted octanol–water partition coefficient (Wildman–Crippen LogP) is 1.67. The van der Waals surface area contributed by atoms with Crippen LogP contribution in [0.3, 0.4) is 0 Å². The Balaban J connectivity index is 1.86. The first kappa shape index (κ1) is 18.1. The molecule has 0 bridgehead atoms. The largest absolute Gasteiger partial charge is 0.493 e. The lowest BCUT2D eigenvalue weighted by molar-refractivity contribution is -0.137. The van der Waals surface area contributed by atoms with Gasteiger partial charge in [0.2, 0.25) is 11.8 Å². The van der Waals surface area contributed by atoms with Crippen LogP contribution in [0.2, 0.25) is 0 Å². The molecule has 6 nitrogen and oxygen atoms in total. The number of ether oxygens (including phenoxy) is 2. The molecule has 0 aliphatic heterocycles. The number of carbonyl (C=O) groups is 2. The van der Waals surface area contributed by atoms with Crippen LogP contribution in [0.5, 0.6) is 11.5 Å². The van der Waals surface area contributed by atoms with Crippen molar-refractivity contribution < 1.29 is 19.1 Å². The highest BCUT2D eigenvalue weighted by Crippen LogP contribution is 2.46. The molecule has 0 radical (unpaired) electrons. The molecule has 24 heavy (non-hydrogen) atoms. The van der Waals surface area contributed by atoms with Crippen LogP contribution < -0.4 is 20.1 Å². The van der Waals surface area contributed by atoms with Crippen molar-refractivity contribution in [3.05, 3.63) is 23.8 Å². The lowest BCUT2D eigenvalue weighted by Gasteiger charge is -2.15. The Morgan fingerprint density at radius 2 is 1.67 bits per heavy atom. The molecule has 1 aromatic carbocycles. The summed E-state index contributed by atoms with van der Waals surface area (Å²) in [5, 5.41) is 5.71. The van der Waals surface area contributed by atoms with Gasteiger partial charge in [-0.1, -0.05) is 13.0 Å². The van der Waals surface area contributed by atoms with Gasteiger partial charge in [0.05, 0.1) is 14.2 Å². The number of hydrogen-bond acceptors (Lipinski definition) is 4. The first-order valence-electron chi connectivity index (χ1n) is 8.35. The van der Waals surface area contributed by atoms with Gasteiger partial charge in [0, 0.05) is 13.1 Å². The molecule has 2 amide bonds. The third-order valence-corrected chi connectivity index (χ3v) is 4.30. The van der Waals surface area contributed by atoms with Gasteiger partial charge in [-0.3, -0.25) is 9.59 Å². The van der Waals surface area contributed by atoms with Crippen LogP contribution in [-0.2, 0) is 16.0 Å². The van der Waals surface area contributed by atoms with Crippen LogP contribution in [0.15, 0.2) is 18.2 Å². The molecule has 1 saturated carbocycles. The fourth-order valence-corrected chi connectivity index (χ4v) is 2.62. The van der Waals surface area contributed by atoms with Crippen LogP contribution in [0, 0.1) is 5.41 Å². The van der Waals surface area contributed by atoms with Crippen LogP contribution in [0.4, 0.5) is 0 Å². The Bertz CT molecular complexity index is 597. The topological polar surface area (TPSA) is 76.7 Å². The molecule has 132 valence electrons. The number of rotatable bonds is 9. The monoisotopic (exact) mass is 334 g/mol. The van der Waals surface area contributed by atoms with Crippen molar-refractivity contribution in [2.45, 2.75) is 32.6 Å². The van der Waals surface area contributed by atoms with Crippen molar-refractivity contribution in [2.75, 3.05) is 27.3 Å². The zero-order chi connectivity index (χ0) is 17.6. The maximum absolute atomic E-state index is 12.3. The zero-order valence-electron chi connectivity index (χ0n) is 14.6. The van der Waals surface area contributed by atoms with E-state index in [0.29, 0.717) is 43.9 Å². The van der Waals surface area contributed by atoms with Gasteiger partial charge in [-0.05, 0) is 43.4 Å². The van der Waals surface area contributed by atoms with Crippen molar-refractivity contribution in [1.29, 1.82) is 0 Å². The van der Waals surface area contributed by atoms with Gasteiger partial charge in [-0.15, -0.1) is 0 Å². The van der Waals surface area contributed by atoms with E-state index in [1.165, 1.54) is 0 Å². The number of nitrogens with one attached hydrogen (secondary N) is 2. The molecule has 1 aliphatic rings. The third-order valence-electron chi connectivity index (χ3n) is 4.30. The van der Waals surface area contributed by atoms with Gasteiger partial charge in [0.25, 0.3) is 0 Å². The van der Waals surface area contributed by atoms with E-state index in [-0.39, 0.29) is 11.8 Å². The molecular weight excluding hydrogens is 308 g/mol. The molecule has 0 saturated heterocycles. The SMILES string of the molecule is CCCNC(=O)C1(C(=O)NCCc2ccc(OC)c(OC)c2)CC1. The number of amides is 2. The molecule has 0 heterocycles. The van der Waals surface area contributed by atoms with Crippen molar-refractivity contribution in [3.8, 4) is 11.5 Å². The highest BCUT2D eigenvalue weighted by molar-refractivity contribution is 6.07. The summed E-state index contributed by atoms with van der Waals surface area (Å²) in [6.07, 6.45) is 2.79. The molecule has 1 fully saturated rings. The van der Waals surface area contributed by atoms with Gasteiger partial charge in [0.1, 0.15) is 5.41 Å². The van der Waals surface area contributed by atoms with Crippen molar-refractivity contribution in [1.82, 2.24) is 10.6 Å². The maximum atomic E-state index is 12.3. The van der Waals surface area contributed by atoms with Gasteiger partial charge in [-0.2, -0.15) is 0 Å². The summed E-state index contributed by atoms with van der Waals surface area (Å²) in [5.74, 6) is 1.03. The summed E-state index contributed by atoms with van der Waals surface area (Å²) < 4.78 is 10.5. The second-order valence-corrected chi connectivity index (χ2v) is 6.03. The Morgan fingerprint density at radius 1 is 1.04 bits per heavy atom.